The Morgan fingerprint density at radius 1 is 1.58 bits per heavy atom. The number of hydrogen-bond donors (Lipinski definition) is 2. The fraction of sp³-hybridized carbons (Fsp3) is 0.533. The first kappa shape index (κ1) is 14.0. The lowest BCUT2D eigenvalue weighted by Crippen LogP contribution is -2.43. The van der Waals surface area contributed by atoms with E-state index in [1.807, 2.05) is 19.9 Å². The van der Waals surface area contributed by atoms with Gasteiger partial charge in [-0.05, 0) is 44.0 Å². The smallest absolute Gasteiger partial charge is 0.228 e. The monoisotopic (exact) mass is 264 g/mol. The van der Waals surface area contributed by atoms with Crippen molar-refractivity contribution in [1.29, 1.82) is 0 Å². The van der Waals surface area contributed by atoms with Gasteiger partial charge < -0.3 is 10.6 Å². The average Bonchev–Trinajstić information content (AvgIpc) is 2.88. The molecule has 0 spiro atoms. The van der Waals surface area contributed by atoms with E-state index in [1.165, 1.54) is 12.1 Å². The minimum Gasteiger partial charge on any atom is -0.349 e. The molecule has 1 aromatic carbocycles. The van der Waals surface area contributed by atoms with Crippen molar-refractivity contribution < 1.29 is 9.18 Å². The third-order valence-electron chi connectivity index (χ3n) is 4.10. The highest BCUT2D eigenvalue weighted by Gasteiger charge is 2.39. The highest BCUT2D eigenvalue weighted by Crippen LogP contribution is 2.30. The molecule has 19 heavy (non-hydrogen) atoms. The molecule has 1 aliphatic rings. The lowest BCUT2D eigenvalue weighted by atomic mass is 9.83. The summed E-state index contributed by atoms with van der Waals surface area (Å²) >= 11 is 0. The lowest BCUT2D eigenvalue weighted by molar-refractivity contribution is -0.131. The van der Waals surface area contributed by atoms with Gasteiger partial charge in [0.2, 0.25) is 5.91 Å². The highest BCUT2D eigenvalue weighted by molar-refractivity contribution is 5.83. The summed E-state index contributed by atoms with van der Waals surface area (Å²) in [5, 5.41) is 6.26. The summed E-state index contributed by atoms with van der Waals surface area (Å²) in [6, 6.07) is 6.20. The van der Waals surface area contributed by atoms with Crippen molar-refractivity contribution in [1.82, 2.24) is 10.6 Å². The Morgan fingerprint density at radius 3 is 2.95 bits per heavy atom. The molecule has 0 aromatic heterocycles. The molecule has 1 fully saturated rings. The summed E-state index contributed by atoms with van der Waals surface area (Å²) in [6.07, 6.45) is 1.69. The number of nitrogens with one attached hydrogen (secondary N) is 2. The van der Waals surface area contributed by atoms with E-state index in [2.05, 4.69) is 10.6 Å². The van der Waals surface area contributed by atoms with E-state index in [9.17, 15) is 9.18 Å². The molecular weight excluding hydrogens is 243 g/mol. The van der Waals surface area contributed by atoms with Gasteiger partial charge in [-0.2, -0.15) is 0 Å². The van der Waals surface area contributed by atoms with Crippen molar-refractivity contribution in [3.8, 4) is 0 Å². The second-order valence-corrected chi connectivity index (χ2v) is 5.31. The van der Waals surface area contributed by atoms with Crippen LogP contribution < -0.4 is 10.6 Å². The third-order valence-corrected chi connectivity index (χ3v) is 4.10. The molecule has 1 saturated heterocycles. The molecule has 2 atom stereocenters. The highest BCUT2D eigenvalue weighted by atomic mass is 19.1. The first-order valence-corrected chi connectivity index (χ1v) is 6.84. The van der Waals surface area contributed by atoms with Gasteiger partial charge in [0.15, 0.2) is 0 Å². The van der Waals surface area contributed by atoms with E-state index < -0.39 is 0 Å². The summed E-state index contributed by atoms with van der Waals surface area (Å²) in [4.78, 5) is 12.4. The van der Waals surface area contributed by atoms with Crippen molar-refractivity contribution >= 4 is 5.91 Å². The fourth-order valence-corrected chi connectivity index (χ4v) is 2.61. The van der Waals surface area contributed by atoms with Gasteiger partial charge in [-0.3, -0.25) is 4.79 Å². The summed E-state index contributed by atoms with van der Waals surface area (Å²) in [6.45, 7) is 5.54. The topological polar surface area (TPSA) is 41.1 Å². The van der Waals surface area contributed by atoms with Crippen LogP contribution in [0.2, 0.25) is 0 Å². The summed E-state index contributed by atoms with van der Waals surface area (Å²) in [5.41, 5.74) is 0.493. The maximum absolute atomic E-state index is 13.2. The van der Waals surface area contributed by atoms with Crippen LogP contribution in [0.1, 0.15) is 38.3 Å². The van der Waals surface area contributed by atoms with Crippen molar-refractivity contribution in [3.63, 3.8) is 0 Å². The average molecular weight is 264 g/mol. The van der Waals surface area contributed by atoms with Crippen LogP contribution in [-0.4, -0.2) is 19.0 Å². The van der Waals surface area contributed by atoms with Gasteiger partial charge in [0.05, 0.1) is 11.5 Å². The van der Waals surface area contributed by atoms with Gasteiger partial charge >= 0.3 is 0 Å². The molecule has 1 aromatic rings. The molecule has 0 bridgehead atoms. The summed E-state index contributed by atoms with van der Waals surface area (Å²) < 4.78 is 13.2. The summed E-state index contributed by atoms with van der Waals surface area (Å²) in [7, 11) is 0. The molecule has 2 rings (SSSR count). The Hall–Kier alpha value is -1.42. The van der Waals surface area contributed by atoms with E-state index in [0.717, 1.165) is 31.5 Å². The Balaban J connectivity index is 2.06. The molecule has 1 heterocycles. The van der Waals surface area contributed by atoms with E-state index in [1.54, 1.807) is 6.07 Å². The zero-order chi connectivity index (χ0) is 13.9. The number of halogens is 1. The fourth-order valence-electron chi connectivity index (χ4n) is 2.61. The normalized spacial score (nSPS) is 24.2. The maximum atomic E-state index is 13.2. The Labute approximate surface area is 113 Å². The van der Waals surface area contributed by atoms with Crippen LogP contribution >= 0.6 is 0 Å². The lowest BCUT2D eigenvalue weighted by Gasteiger charge is -2.27. The molecule has 2 N–H and O–H groups in total. The van der Waals surface area contributed by atoms with Crippen LogP contribution in [0.4, 0.5) is 4.39 Å². The van der Waals surface area contributed by atoms with Gasteiger partial charge in [-0.25, -0.2) is 4.39 Å². The minimum absolute atomic E-state index is 0.0664. The van der Waals surface area contributed by atoms with E-state index in [0.29, 0.717) is 0 Å². The molecule has 1 unspecified atom stereocenters. The van der Waals surface area contributed by atoms with Crippen molar-refractivity contribution in [3.05, 3.63) is 35.6 Å². The van der Waals surface area contributed by atoms with Gasteiger partial charge in [0.1, 0.15) is 5.82 Å². The van der Waals surface area contributed by atoms with Crippen LogP contribution in [0, 0.1) is 11.2 Å². The SMILES string of the molecule is CCC1(C(=O)N[C@H](C)c2cccc(F)c2)CCNC1. The maximum Gasteiger partial charge on any atom is 0.228 e. The second kappa shape index (κ2) is 5.70. The van der Waals surface area contributed by atoms with Gasteiger partial charge in [0.25, 0.3) is 0 Å². The number of carbonyl (C=O) groups excluding carboxylic acids is 1. The molecule has 0 saturated carbocycles. The van der Waals surface area contributed by atoms with Crippen molar-refractivity contribution in [2.75, 3.05) is 13.1 Å². The quantitative estimate of drug-likeness (QED) is 0.876. The molecule has 0 radical (unpaired) electrons. The van der Waals surface area contributed by atoms with Gasteiger partial charge in [0, 0.05) is 6.54 Å². The Kier molecular flexibility index (Phi) is 4.20. The van der Waals surface area contributed by atoms with Crippen LogP contribution in [-0.2, 0) is 4.79 Å². The van der Waals surface area contributed by atoms with Crippen molar-refractivity contribution in [2.45, 2.75) is 32.7 Å². The first-order chi connectivity index (χ1) is 9.07. The number of hydrogen-bond acceptors (Lipinski definition) is 2. The van der Waals surface area contributed by atoms with Crippen LogP contribution in [0.15, 0.2) is 24.3 Å². The molecule has 0 aliphatic carbocycles. The van der Waals surface area contributed by atoms with Crippen LogP contribution in [0.5, 0.6) is 0 Å². The molecule has 3 nitrogen and oxygen atoms in total. The zero-order valence-corrected chi connectivity index (χ0v) is 11.5. The van der Waals surface area contributed by atoms with E-state index in [-0.39, 0.29) is 23.2 Å². The van der Waals surface area contributed by atoms with Crippen LogP contribution in [0.3, 0.4) is 0 Å². The minimum atomic E-state index is -0.304. The summed E-state index contributed by atoms with van der Waals surface area (Å²) in [5.74, 6) is -0.205. The number of amides is 1. The van der Waals surface area contributed by atoms with Crippen LogP contribution in [0.25, 0.3) is 0 Å². The number of benzene rings is 1. The van der Waals surface area contributed by atoms with Gasteiger partial charge in [-0.15, -0.1) is 0 Å². The predicted octanol–water partition coefficient (Wildman–Crippen LogP) is 2.39. The second-order valence-electron chi connectivity index (χ2n) is 5.31. The number of rotatable bonds is 4. The molecular formula is C15H21FN2O. The molecule has 104 valence electrons. The molecule has 1 aliphatic heterocycles. The van der Waals surface area contributed by atoms with Gasteiger partial charge in [-0.1, -0.05) is 19.1 Å². The molecule has 1 amide bonds. The molecule has 4 heteroatoms. The Morgan fingerprint density at radius 2 is 2.37 bits per heavy atom. The zero-order valence-electron chi connectivity index (χ0n) is 11.5. The van der Waals surface area contributed by atoms with Crippen molar-refractivity contribution in [2.24, 2.45) is 5.41 Å². The standard InChI is InChI=1S/C15H21FN2O/c1-3-15(7-8-17-10-15)14(19)18-11(2)12-5-4-6-13(16)9-12/h4-6,9,11,17H,3,7-8,10H2,1-2H3,(H,18,19)/t11-,15?/m1/s1. The van der Waals surface area contributed by atoms with E-state index in [4.69, 9.17) is 0 Å². The van der Waals surface area contributed by atoms with E-state index >= 15 is 0 Å². The first-order valence-electron chi connectivity index (χ1n) is 6.84. The predicted molar refractivity (Wildman–Crippen MR) is 73.2 cm³/mol. The third kappa shape index (κ3) is 2.95. The largest absolute Gasteiger partial charge is 0.349 e. The number of carbonyl (C=O) groups is 1. The Bertz CT molecular complexity index is 455.